The normalized spacial score (nSPS) is 34.8. The molecule has 1 aliphatic carbocycles. The van der Waals surface area contributed by atoms with Gasteiger partial charge in [0.05, 0.1) is 23.6 Å². The number of carbonyl (C=O) groups excluding carboxylic acids is 1. The van der Waals surface area contributed by atoms with Gasteiger partial charge in [0.2, 0.25) is 0 Å². The van der Waals surface area contributed by atoms with Crippen LogP contribution in [0.2, 0.25) is 0 Å². The number of ether oxygens (including phenoxy) is 4. The Kier molecular flexibility index (Phi) is 6.44. The summed E-state index contributed by atoms with van der Waals surface area (Å²) in [6.07, 6.45) is 6.54. The summed E-state index contributed by atoms with van der Waals surface area (Å²) in [5, 5.41) is 10.9. The van der Waals surface area contributed by atoms with Crippen LogP contribution in [-0.2, 0) is 23.7 Å². The second kappa shape index (κ2) is 9.00. The lowest BCUT2D eigenvalue weighted by Crippen LogP contribution is -2.55. The van der Waals surface area contributed by atoms with Gasteiger partial charge in [-0.3, -0.25) is 10.1 Å². The quantitative estimate of drug-likeness (QED) is 0.144. The highest BCUT2D eigenvalue weighted by molar-refractivity contribution is 5.87. The molecule has 0 aromatic heterocycles. The maximum Gasteiger partial charge on any atom is 0.331 e. The number of nitro benzene ring substituents is 1. The van der Waals surface area contributed by atoms with Crippen LogP contribution in [0.5, 0.6) is 0 Å². The van der Waals surface area contributed by atoms with E-state index in [1.54, 1.807) is 19.2 Å². The van der Waals surface area contributed by atoms with Crippen molar-refractivity contribution < 1.29 is 28.7 Å². The number of hydrogen-bond acceptors (Lipinski definition) is 7. The van der Waals surface area contributed by atoms with E-state index < -0.39 is 22.6 Å². The summed E-state index contributed by atoms with van der Waals surface area (Å²) in [6, 6.07) is 6.08. The molecule has 6 atom stereocenters. The monoisotopic (exact) mass is 457 g/mol. The third-order valence-corrected chi connectivity index (χ3v) is 7.00. The first kappa shape index (κ1) is 23.6. The summed E-state index contributed by atoms with van der Waals surface area (Å²) in [4.78, 5) is 23.1. The van der Waals surface area contributed by atoms with Crippen molar-refractivity contribution in [2.45, 2.75) is 69.5 Å². The maximum absolute atomic E-state index is 12.6. The lowest BCUT2D eigenvalue weighted by Gasteiger charge is -2.42. The van der Waals surface area contributed by atoms with Crippen LogP contribution in [0.1, 0.15) is 45.6 Å². The standard InChI is InChI=1S/C25H31NO7/c1-16(2)8-10-20-24(3,33-20)23-22(30-4)19(12-13-25(23)15-31-25)32-21(27)11-9-17-6-5-7-18(14-17)26(28)29/h5-9,11,14,19-20,22-23H,10,12-13,15H2,1-4H3/b11-9+/t19-,20+,22-,23-,24+,25+/m1/s1. The van der Waals surface area contributed by atoms with E-state index in [4.69, 9.17) is 18.9 Å². The van der Waals surface area contributed by atoms with E-state index in [0.29, 0.717) is 18.6 Å². The summed E-state index contributed by atoms with van der Waals surface area (Å²) < 4.78 is 23.8. The molecule has 33 heavy (non-hydrogen) atoms. The average Bonchev–Trinajstić information content (AvgIpc) is 3.69. The molecule has 1 aromatic carbocycles. The molecule has 2 saturated heterocycles. The fourth-order valence-corrected chi connectivity index (χ4v) is 5.17. The van der Waals surface area contributed by atoms with Gasteiger partial charge in [-0.05, 0) is 51.7 Å². The number of carbonyl (C=O) groups is 1. The molecule has 3 fully saturated rings. The van der Waals surface area contributed by atoms with Crippen LogP contribution in [0.3, 0.4) is 0 Å². The van der Waals surface area contributed by atoms with Gasteiger partial charge in [0, 0.05) is 25.3 Å². The van der Waals surface area contributed by atoms with Crippen molar-refractivity contribution in [1.29, 1.82) is 0 Å². The molecule has 2 aliphatic heterocycles. The summed E-state index contributed by atoms with van der Waals surface area (Å²) >= 11 is 0. The molecule has 2 heterocycles. The van der Waals surface area contributed by atoms with E-state index in [2.05, 4.69) is 26.8 Å². The molecule has 1 saturated carbocycles. The Hall–Kier alpha value is -2.55. The van der Waals surface area contributed by atoms with Gasteiger partial charge in [0.1, 0.15) is 23.4 Å². The van der Waals surface area contributed by atoms with E-state index in [0.717, 1.165) is 12.8 Å². The highest BCUT2D eigenvalue weighted by Crippen LogP contribution is 2.59. The number of hydrogen-bond donors (Lipinski definition) is 0. The van der Waals surface area contributed by atoms with Crippen molar-refractivity contribution in [1.82, 2.24) is 0 Å². The van der Waals surface area contributed by atoms with Crippen molar-refractivity contribution in [3.8, 4) is 0 Å². The number of epoxide rings is 2. The Morgan fingerprint density at radius 2 is 2.12 bits per heavy atom. The summed E-state index contributed by atoms with van der Waals surface area (Å²) in [6.45, 7) is 6.91. The van der Waals surface area contributed by atoms with Crippen LogP contribution < -0.4 is 0 Å². The first-order valence-corrected chi connectivity index (χ1v) is 11.3. The van der Waals surface area contributed by atoms with Crippen molar-refractivity contribution in [3.05, 3.63) is 57.7 Å². The minimum absolute atomic E-state index is 0.0323. The number of rotatable bonds is 8. The molecule has 0 bridgehead atoms. The Morgan fingerprint density at radius 1 is 1.36 bits per heavy atom. The van der Waals surface area contributed by atoms with Gasteiger partial charge in [0.25, 0.3) is 5.69 Å². The van der Waals surface area contributed by atoms with Crippen LogP contribution in [0, 0.1) is 16.0 Å². The molecule has 8 heteroatoms. The van der Waals surface area contributed by atoms with Gasteiger partial charge in [-0.15, -0.1) is 0 Å². The molecular formula is C25H31NO7. The third-order valence-electron chi connectivity index (χ3n) is 7.00. The SMILES string of the molecule is CO[C@@H]1[C@H](OC(=O)/C=C/c2cccc([N+](=O)[O-])c2)CC[C@]2(CO2)[C@H]1[C@@]1(C)O[C@H]1CC=C(C)C. The topological polar surface area (TPSA) is 104 Å². The van der Waals surface area contributed by atoms with Gasteiger partial charge in [-0.25, -0.2) is 4.79 Å². The van der Waals surface area contributed by atoms with Crippen LogP contribution >= 0.6 is 0 Å². The summed E-state index contributed by atoms with van der Waals surface area (Å²) in [5.41, 5.74) is 1.09. The molecule has 178 valence electrons. The number of allylic oxidation sites excluding steroid dienone is 1. The second-order valence-electron chi connectivity index (χ2n) is 9.54. The number of benzene rings is 1. The number of nitro groups is 1. The highest BCUT2D eigenvalue weighted by Gasteiger charge is 2.72. The van der Waals surface area contributed by atoms with Crippen molar-refractivity contribution in [2.75, 3.05) is 13.7 Å². The molecule has 1 aromatic rings. The average molecular weight is 458 g/mol. The molecule has 3 aliphatic rings. The predicted octanol–water partition coefficient (Wildman–Crippen LogP) is 4.23. The Balaban J connectivity index is 1.45. The van der Waals surface area contributed by atoms with Gasteiger partial charge < -0.3 is 18.9 Å². The molecule has 0 N–H and O–H groups in total. The van der Waals surface area contributed by atoms with Crippen molar-refractivity contribution in [3.63, 3.8) is 0 Å². The maximum atomic E-state index is 12.6. The zero-order valence-electron chi connectivity index (χ0n) is 19.5. The van der Waals surface area contributed by atoms with Gasteiger partial charge in [-0.1, -0.05) is 23.8 Å². The zero-order chi connectivity index (χ0) is 23.8. The lowest BCUT2D eigenvalue weighted by molar-refractivity contribution is -0.384. The van der Waals surface area contributed by atoms with Crippen LogP contribution in [0.4, 0.5) is 5.69 Å². The molecule has 1 spiro atoms. The Bertz CT molecular complexity index is 979. The van der Waals surface area contributed by atoms with E-state index in [1.807, 2.05) is 0 Å². The van der Waals surface area contributed by atoms with Crippen molar-refractivity contribution >= 4 is 17.7 Å². The second-order valence-corrected chi connectivity index (χ2v) is 9.54. The molecule has 0 radical (unpaired) electrons. The van der Waals surface area contributed by atoms with E-state index in [9.17, 15) is 14.9 Å². The number of nitrogens with zero attached hydrogens (tertiary/aromatic N) is 1. The smallest absolute Gasteiger partial charge is 0.331 e. The van der Waals surface area contributed by atoms with E-state index in [1.165, 1.54) is 29.9 Å². The number of esters is 1. The first-order chi connectivity index (χ1) is 15.7. The zero-order valence-corrected chi connectivity index (χ0v) is 19.5. The Labute approximate surface area is 193 Å². The molecule has 4 rings (SSSR count). The van der Waals surface area contributed by atoms with Gasteiger partial charge >= 0.3 is 5.97 Å². The fourth-order valence-electron chi connectivity index (χ4n) is 5.17. The molecule has 8 nitrogen and oxygen atoms in total. The predicted molar refractivity (Wildman–Crippen MR) is 122 cm³/mol. The van der Waals surface area contributed by atoms with Crippen LogP contribution in [-0.4, -0.2) is 54.1 Å². The van der Waals surface area contributed by atoms with Crippen LogP contribution in [0.25, 0.3) is 6.08 Å². The lowest BCUT2D eigenvalue weighted by atomic mass is 9.68. The minimum atomic E-state index is -0.511. The van der Waals surface area contributed by atoms with E-state index in [-0.39, 0.29) is 29.4 Å². The summed E-state index contributed by atoms with van der Waals surface area (Å²) in [5.74, 6) is -0.555. The third kappa shape index (κ3) is 4.88. The minimum Gasteiger partial charge on any atom is -0.456 e. The van der Waals surface area contributed by atoms with E-state index >= 15 is 0 Å². The summed E-state index contributed by atoms with van der Waals surface area (Å²) in [7, 11) is 1.63. The van der Waals surface area contributed by atoms with Crippen LogP contribution in [0.15, 0.2) is 42.0 Å². The fraction of sp³-hybridized carbons (Fsp3) is 0.560. The molecular weight excluding hydrogens is 426 g/mol. The largest absolute Gasteiger partial charge is 0.456 e. The first-order valence-electron chi connectivity index (χ1n) is 11.3. The highest BCUT2D eigenvalue weighted by atomic mass is 16.6. The molecule has 0 unspecified atom stereocenters. The van der Waals surface area contributed by atoms with Gasteiger partial charge in [-0.2, -0.15) is 0 Å². The van der Waals surface area contributed by atoms with Crippen molar-refractivity contribution in [2.24, 2.45) is 5.92 Å². The molecule has 0 amide bonds. The van der Waals surface area contributed by atoms with Gasteiger partial charge in [0.15, 0.2) is 0 Å². The number of non-ortho nitro benzene ring substituents is 1. The Morgan fingerprint density at radius 3 is 2.76 bits per heavy atom. The number of methoxy groups -OCH3 is 1.